The number of halogens is 2. The van der Waals surface area contributed by atoms with Crippen LogP contribution in [-0.2, 0) is 10.0 Å². The first-order valence-electron chi connectivity index (χ1n) is 5.71. The highest BCUT2D eigenvalue weighted by Gasteiger charge is 2.20. The molecule has 0 spiro atoms. The summed E-state index contributed by atoms with van der Waals surface area (Å²) in [5.41, 5.74) is 2.42. The number of aryl methyl sites for hydroxylation is 2. The number of nitrogens with one attached hydrogen (secondary N) is 1. The molecule has 0 saturated carbocycles. The van der Waals surface area contributed by atoms with Gasteiger partial charge < -0.3 is 0 Å². The lowest BCUT2D eigenvalue weighted by Gasteiger charge is -2.12. The Balaban J connectivity index is 2.43. The van der Waals surface area contributed by atoms with Gasteiger partial charge in [-0.3, -0.25) is 4.72 Å². The van der Waals surface area contributed by atoms with E-state index in [2.05, 4.69) is 25.6 Å². The van der Waals surface area contributed by atoms with Crippen molar-refractivity contribution in [3.63, 3.8) is 0 Å². The first kappa shape index (κ1) is 15.3. The Morgan fingerprint density at radius 3 is 2.60 bits per heavy atom. The number of benzene rings is 1. The Kier molecular flexibility index (Phi) is 4.36. The normalized spacial score (nSPS) is 11.4. The molecule has 4 nitrogen and oxygen atoms in total. The van der Waals surface area contributed by atoms with Crippen molar-refractivity contribution in [3.8, 4) is 0 Å². The van der Waals surface area contributed by atoms with Crippen molar-refractivity contribution in [2.45, 2.75) is 18.7 Å². The van der Waals surface area contributed by atoms with Gasteiger partial charge in [-0.15, -0.1) is 0 Å². The number of sulfonamides is 1. The maximum atomic E-state index is 12.4. The number of aromatic nitrogens is 1. The smallest absolute Gasteiger partial charge is 0.265 e. The van der Waals surface area contributed by atoms with E-state index in [0.717, 1.165) is 11.1 Å². The zero-order valence-corrected chi connectivity index (χ0v) is 14.0. The third-order valence-corrected chi connectivity index (χ3v) is 4.92. The maximum absolute atomic E-state index is 12.4. The molecule has 0 aliphatic rings. The van der Waals surface area contributed by atoms with Crippen molar-refractivity contribution in [1.29, 1.82) is 0 Å². The highest BCUT2D eigenvalue weighted by molar-refractivity contribution is 9.10. The van der Waals surface area contributed by atoms with Crippen molar-refractivity contribution >= 4 is 43.2 Å². The van der Waals surface area contributed by atoms with E-state index < -0.39 is 10.0 Å². The largest absolute Gasteiger partial charge is 0.279 e. The molecular formula is C13H12BrClN2O2S. The minimum atomic E-state index is -3.78. The van der Waals surface area contributed by atoms with Crippen LogP contribution in [0.5, 0.6) is 0 Å². The van der Waals surface area contributed by atoms with Crippen molar-refractivity contribution in [2.24, 2.45) is 0 Å². The predicted molar refractivity (Wildman–Crippen MR) is 83.7 cm³/mol. The maximum Gasteiger partial charge on any atom is 0.265 e. The molecule has 1 N–H and O–H groups in total. The lowest BCUT2D eigenvalue weighted by Crippen LogP contribution is -2.14. The van der Waals surface area contributed by atoms with E-state index >= 15 is 0 Å². The van der Waals surface area contributed by atoms with Gasteiger partial charge in [0.1, 0.15) is 10.0 Å². The first-order chi connectivity index (χ1) is 9.29. The van der Waals surface area contributed by atoms with Gasteiger partial charge in [0.25, 0.3) is 10.0 Å². The molecule has 2 rings (SSSR count). The predicted octanol–water partition coefficient (Wildman–Crippen LogP) is 3.92. The van der Waals surface area contributed by atoms with E-state index in [9.17, 15) is 8.42 Å². The van der Waals surface area contributed by atoms with Crippen LogP contribution in [0.4, 0.5) is 5.69 Å². The van der Waals surface area contributed by atoms with Crippen LogP contribution in [-0.4, -0.2) is 13.4 Å². The van der Waals surface area contributed by atoms with Gasteiger partial charge in [0.2, 0.25) is 0 Å². The van der Waals surface area contributed by atoms with Crippen molar-refractivity contribution < 1.29 is 8.42 Å². The first-order valence-corrected chi connectivity index (χ1v) is 8.36. The number of hydrogen-bond donors (Lipinski definition) is 1. The summed E-state index contributed by atoms with van der Waals surface area (Å²) < 4.78 is 27.8. The van der Waals surface area contributed by atoms with Crippen molar-refractivity contribution in [1.82, 2.24) is 4.98 Å². The zero-order chi connectivity index (χ0) is 14.9. The Bertz CT molecular complexity index is 763. The van der Waals surface area contributed by atoms with E-state index in [4.69, 9.17) is 11.6 Å². The van der Waals surface area contributed by atoms with Crippen LogP contribution >= 0.6 is 27.5 Å². The summed E-state index contributed by atoms with van der Waals surface area (Å²) in [5, 5.41) is -0.0644. The Morgan fingerprint density at radius 2 is 1.95 bits per heavy atom. The quantitative estimate of drug-likeness (QED) is 0.827. The van der Waals surface area contributed by atoms with Crippen LogP contribution < -0.4 is 4.72 Å². The van der Waals surface area contributed by atoms with E-state index in [1.165, 1.54) is 12.3 Å². The molecule has 0 saturated heterocycles. The standard InChI is InChI=1S/C13H12BrClN2O2S/c1-8-3-4-11(9(2)5-8)17-20(18,19)12-6-10(14)7-16-13(12)15/h3-7,17H,1-2H3. The molecule has 2 aromatic rings. The summed E-state index contributed by atoms with van der Waals surface area (Å²) in [6, 6.07) is 6.88. The molecular weight excluding hydrogens is 364 g/mol. The molecule has 0 fully saturated rings. The van der Waals surface area contributed by atoms with E-state index in [-0.39, 0.29) is 10.0 Å². The Labute approximate surface area is 131 Å². The summed E-state index contributed by atoms with van der Waals surface area (Å²) >= 11 is 9.05. The van der Waals surface area contributed by atoms with Crippen molar-refractivity contribution in [2.75, 3.05) is 4.72 Å². The molecule has 0 aliphatic heterocycles. The zero-order valence-electron chi connectivity index (χ0n) is 10.8. The highest BCUT2D eigenvalue weighted by atomic mass is 79.9. The van der Waals surface area contributed by atoms with Gasteiger partial charge in [-0.05, 0) is 47.5 Å². The molecule has 0 aliphatic carbocycles. The molecule has 0 unspecified atom stereocenters. The van der Waals surface area contributed by atoms with Gasteiger partial charge in [-0.2, -0.15) is 0 Å². The number of anilines is 1. The van der Waals surface area contributed by atoms with Crippen LogP contribution in [0.15, 0.2) is 39.8 Å². The van der Waals surface area contributed by atoms with Gasteiger partial charge in [-0.1, -0.05) is 29.3 Å². The second kappa shape index (κ2) is 5.71. The average molecular weight is 376 g/mol. The average Bonchev–Trinajstić information content (AvgIpc) is 2.35. The Morgan fingerprint density at radius 1 is 1.25 bits per heavy atom. The molecule has 20 heavy (non-hydrogen) atoms. The third-order valence-electron chi connectivity index (χ3n) is 2.69. The monoisotopic (exact) mass is 374 g/mol. The summed E-state index contributed by atoms with van der Waals surface area (Å²) in [6.07, 6.45) is 1.44. The van der Waals surface area contributed by atoms with Gasteiger partial charge in [0.15, 0.2) is 0 Å². The third kappa shape index (κ3) is 3.31. The summed E-state index contributed by atoms with van der Waals surface area (Å²) in [7, 11) is -3.78. The van der Waals surface area contributed by atoms with Gasteiger partial charge in [-0.25, -0.2) is 13.4 Å². The molecule has 0 amide bonds. The fraction of sp³-hybridized carbons (Fsp3) is 0.154. The highest BCUT2D eigenvalue weighted by Crippen LogP contribution is 2.26. The summed E-state index contributed by atoms with van der Waals surface area (Å²) in [4.78, 5) is 3.76. The topological polar surface area (TPSA) is 59.1 Å². The SMILES string of the molecule is Cc1ccc(NS(=O)(=O)c2cc(Br)cnc2Cl)c(C)c1. The summed E-state index contributed by atoms with van der Waals surface area (Å²) in [6.45, 7) is 3.78. The van der Waals surface area contributed by atoms with E-state index in [1.54, 1.807) is 6.07 Å². The second-order valence-electron chi connectivity index (χ2n) is 4.37. The van der Waals surface area contributed by atoms with Crippen LogP contribution in [0.3, 0.4) is 0 Å². The Hall–Kier alpha value is -1.11. The van der Waals surface area contributed by atoms with Crippen LogP contribution in [0.2, 0.25) is 5.15 Å². The number of hydrogen-bond acceptors (Lipinski definition) is 3. The summed E-state index contributed by atoms with van der Waals surface area (Å²) in [5.74, 6) is 0. The van der Waals surface area contributed by atoms with E-state index in [1.807, 2.05) is 26.0 Å². The van der Waals surface area contributed by atoms with Gasteiger partial charge >= 0.3 is 0 Å². The minimum Gasteiger partial charge on any atom is -0.279 e. The molecule has 7 heteroatoms. The number of rotatable bonds is 3. The van der Waals surface area contributed by atoms with Crippen LogP contribution in [0, 0.1) is 13.8 Å². The van der Waals surface area contributed by atoms with Crippen LogP contribution in [0.25, 0.3) is 0 Å². The molecule has 1 aromatic heterocycles. The van der Waals surface area contributed by atoms with Gasteiger partial charge in [0, 0.05) is 10.7 Å². The lowest BCUT2D eigenvalue weighted by molar-refractivity contribution is 0.600. The number of nitrogens with zero attached hydrogens (tertiary/aromatic N) is 1. The van der Waals surface area contributed by atoms with Gasteiger partial charge in [0.05, 0.1) is 5.69 Å². The van der Waals surface area contributed by atoms with Crippen molar-refractivity contribution in [3.05, 3.63) is 51.2 Å². The molecule has 1 aromatic carbocycles. The fourth-order valence-electron chi connectivity index (χ4n) is 1.72. The lowest BCUT2D eigenvalue weighted by atomic mass is 10.1. The molecule has 0 radical (unpaired) electrons. The number of pyridine rings is 1. The minimum absolute atomic E-state index is 0.0616. The van der Waals surface area contributed by atoms with Crippen LogP contribution in [0.1, 0.15) is 11.1 Å². The van der Waals surface area contributed by atoms with E-state index in [0.29, 0.717) is 10.2 Å². The molecule has 0 bridgehead atoms. The molecule has 0 atom stereocenters. The molecule has 106 valence electrons. The molecule has 1 heterocycles. The fourth-order valence-corrected chi connectivity index (χ4v) is 3.80. The second-order valence-corrected chi connectivity index (χ2v) is 7.29.